The Morgan fingerprint density at radius 2 is 2.16 bits per heavy atom. The molecular formula is C11H12F2N4O2. The van der Waals surface area contributed by atoms with Gasteiger partial charge in [-0.3, -0.25) is 0 Å². The van der Waals surface area contributed by atoms with Crippen LogP contribution in [0.5, 0.6) is 0 Å². The van der Waals surface area contributed by atoms with E-state index in [2.05, 4.69) is 15.1 Å². The molecule has 2 aromatic rings. The van der Waals surface area contributed by atoms with E-state index in [4.69, 9.17) is 15.0 Å². The van der Waals surface area contributed by atoms with Crippen LogP contribution in [-0.2, 0) is 11.2 Å². The molecule has 6 nitrogen and oxygen atoms in total. The van der Waals surface area contributed by atoms with E-state index in [1.165, 1.54) is 0 Å². The van der Waals surface area contributed by atoms with Crippen molar-refractivity contribution in [2.75, 3.05) is 18.9 Å². The van der Waals surface area contributed by atoms with Gasteiger partial charge in [0.25, 0.3) is 12.3 Å². The molecule has 19 heavy (non-hydrogen) atoms. The number of halogens is 2. The molecule has 8 heteroatoms. The average molecular weight is 270 g/mol. The van der Waals surface area contributed by atoms with Crippen molar-refractivity contribution >= 4 is 5.82 Å². The van der Waals surface area contributed by atoms with Crippen LogP contribution in [0.3, 0.4) is 0 Å². The molecule has 0 atom stereocenters. The second kappa shape index (κ2) is 6.19. The van der Waals surface area contributed by atoms with Crippen molar-refractivity contribution in [2.45, 2.75) is 12.8 Å². The molecule has 0 radical (unpaired) electrons. The number of anilines is 1. The molecule has 0 aliphatic carbocycles. The van der Waals surface area contributed by atoms with Crippen molar-refractivity contribution in [3.8, 4) is 11.6 Å². The molecule has 0 unspecified atom stereocenters. The number of rotatable bonds is 6. The minimum Gasteiger partial charge on any atom is -0.384 e. The second-order valence-electron chi connectivity index (χ2n) is 3.68. The number of hydrogen-bond acceptors (Lipinski definition) is 6. The topological polar surface area (TPSA) is 87.1 Å². The van der Waals surface area contributed by atoms with Crippen molar-refractivity contribution in [2.24, 2.45) is 0 Å². The summed E-state index contributed by atoms with van der Waals surface area (Å²) in [4.78, 5) is 8.10. The normalized spacial score (nSPS) is 11.1. The van der Waals surface area contributed by atoms with E-state index in [0.717, 1.165) is 0 Å². The minimum absolute atomic E-state index is 0.105. The van der Waals surface area contributed by atoms with Gasteiger partial charge in [-0.05, 0) is 12.1 Å². The first-order valence-electron chi connectivity index (χ1n) is 5.56. The molecule has 2 aromatic heterocycles. The first-order valence-corrected chi connectivity index (χ1v) is 5.56. The van der Waals surface area contributed by atoms with Crippen LogP contribution >= 0.6 is 0 Å². The summed E-state index contributed by atoms with van der Waals surface area (Å²) in [6.45, 7) is -0.491. The molecule has 0 spiro atoms. The molecule has 2 heterocycles. The molecule has 2 rings (SSSR count). The van der Waals surface area contributed by atoms with Gasteiger partial charge in [0.15, 0.2) is 5.82 Å². The van der Waals surface area contributed by atoms with Crippen LogP contribution in [0.4, 0.5) is 14.6 Å². The van der Waals surface area contributed by atoms with E-state index < -0.39 is 13.0 Å². The van der Waals surface area contributed by atoms with Gasteiger partial charge in [-0.1, -0.05) is 11.2 Å². The third kappa shape index (κ3) is 3.95. The molecule has 0 amide bonds. The van der Waals surface area contributed by atoms with Gasteiger partial charge < -0.3 is 15.0 Å². The Kier molecular flexibility index (Phi) is 4.35. The number of aromatic nitrogens is 3. The predicted molar refractivity (Wildman–Crippen MR) is 62.5 cm³/mol. The fraction of sp³-hybridized carbons (Fsp3) is 0.364. The second-order valence-corrected chi connectivity index (χ2v) is 3.68. The van der Waals surface area contributed by atoms with Gasteiger partial charge in [0.2, 0.25) is 0 Å². The van der Waals surface area contributed by atoms with E-state index in [9.17, 15) is 8.78 Å². The SMILES string of the molecule is Nc1cccc(-c2nc(CCOCC(F)F)no2)n1. The quantitative estimate of drug-likeness (QED) is 0.801. The van der Waals surface area contributed by atoms with Crippen LogP contribution in [-0.4, -0.2) is 34.8 Å². The zero-order valence-electron chi connectivity index (χ0n) is 9.92. The predicted octanol–water partition coefficient (Wildman–Crippen LogP) is 1.54. The monoisotopic (exact) mass is 270 g/mol. The van der Waals surface area contributed by atoms with E-state index in [1.54, 1.807) is 18.2 Å². The number of nitrogens with zero attached hydrogens (tertiary/aromatic N) is 3. The molecule has 0 saturated heterocycles. The lowest BCUT2D eigenvalue weighted by atomic mass is 10.3. The van der Waals surface area contributed by atoms with Gasteiger partial charge in [0.05, 0.1) is 6.61 Å². The van der Waals surface area contributed by atoms with Crippen LogP contribution in [0.15, 0.2) is 22.7 Å². The third-order valence-corrected chi connectivity index (χ3v) is 2.17. The summed E-state index contributed by atoms with van der Waals surface area (Å²) in [7, 11) is 0. The van der Waals surface area contributed by atoms with Gasteiger partial charge in [-0.25, -0.2) is 13.8 Å². The van der Waals surface area contributed by atoms with Crippen LogP contribution < -0.4 is 5.73 Å². The highest BCUT2D eigenvalue weighted by molar-refractivity contribution is 5.49. The van der Waals surface area contributed by atoms with Gasteiger partial charge in [0.1, 0.15) is 18.1 Å². The van der Waals surface area contributed by atoms with Gasteiger partial charge in [0, 0.05) is 6.42 Å². The van der Waals surface area contributed by atoms with E-state index in [-0.39, 0.29) is 12.5 Å². The molecule has 0 fully saturated rings. The molecule has 0 saturated carbocycles. The van der Waals surface area contributed by atoms with Crippen LogP contribution in [0, 0.1) is 0 Å². The molecule has 0 aliphatic heterocycles. The molecule has 0 aliphatic rings. The van der Waals surface area contributed by atoms with E-state index in [1.807, 2.05) is 0 Å². The van der Waals surface area contributed by atoms with E-state index in [0.29, 0.717) is 23.8 Å². The Morgan fingerprint density at radius 3 is 2.89 bits per heavy atom. The Labute approximate surface area is 107 Å². The van der Waals surface area contributed by atoms with Crippen molar-refractivity contribution in [3.05, 3.63) is 24.0 Å². The number of hydrogen-bond donors (Lipinski definition) is 1. The van der Waals surface area contributed by atoms with Crippen molar-refractivity contribution in [1.29, 1.82) is 0 Å². The molecule has 0 bridgehead atoms. The highest BCUT2D eigenvalue weighted by Crippen LogP contribution is 2.15. The first kappa shape index (κ1) is 13.3. The number of nitrogen functional groups attached to an aromatic ring is 1. The Balaban J connectivity index is 1.92. The maximum atomic E-state index is 11.8. The Bertz CT molecular complexity index is 533. The summed E-state index contributed by atoms with van der Waals surface area (Å²) in [6, 6.07) is 5.03. The van der Waals surface area contributed by atoms with Crippen LogP contribution in [0.25, 0.3) is 11.6 Å². The highest BCUT2D eigenvalue weighted by atomic mass is 19.3. The standard InChI is InChI=1S/C11H12F2N4O2/c12-8(13)6-18-5-4-10-16-11(19-17-10)7-2-1-3-9(14)15-7/h1-3,8H,4-6H2,(H2,14,15). The number of nitrogens with two attached hydrogens (primary N) is 1. The largest absolute Gasteiger partial charge is 0.384 e. The fourth-order valence-electron chi connectivity index (χ4n) is 1.37. The highest BCUT2D eigenvalue weighted by Gasteiger charge is 2.10. The lowest BCUT2D eigenvalue weighted by Gasteiger charge is -1.99. The summed E-state index contributed by atoms with van der Waals surface area (Å²) in [5, 5.41) is 3.70. The Morgan fingerprint density at radius 1 is 1.32 bits per heavy atom. The molecular weight excluding hydrogens is 258 g/mol. The number of pyridine rings is 1. The van der Waals surface area contributed by atoms with Crippen molar-refractivity contribution < 1.29 is 18.0 Å². The average Bonchev–Trinajstić information content (AvgIpc) is 2.83. The van der Waals surface area contributed by atoms with Crippen LogP contribution in [0.2, 0.25) is 0 Å². The maximum absolute atomic E-state index is 11.8. The summed E-state index contributed by atoms with van der Waals surface area (Å²) in [6.07, 6.45) is -2.18. The lowest BCUT2D eigenvalue weighted by molar-refractivity contribution is 0.0182. The zero-order chi connectivity index (χ0) is 13.7. The summed E-state index contributed by atoms with van der Waals surface area (Å²) < 4.78 is 33.4. The van der Waals surface area contributed by atoms with Gasteiger partial charge in [-0.2, -0.15) is 4.98 Å². The smallest absolute Gasteiger partial charge is 0.276 e. The number of ether oxygens (including phenoxy) is 1. The van der Waals surface area contributed by atoms with Gasteiger partial charge in [-0.15, -0.1) is 0 Å². The molecule has 0 aromatic carbocycles. The van der Waals surface area contributed by atoms with Crippen molar-refractivity contribution in [3.63, 3.8) is 0 Å². The molecule has 102 valence electrons. The maximum Gasteiger partial charge on any atom is 0.276 e. The lowest BCUT2D eigenvalue weighted by Crippen LogP contribution is -2.07. The van der Waals surface area contributed by atoms with Crippen molar-refractivity contribution in [1.82, 2.24) is 15.1 Å². The summed E-state index contributed by atoms with van der Waals surface area (Å²) in [5.74, 6) is 0.946. The first-order chi connectivity index (χ1) is 9.15. The Hall–Kier alpha value is -2.09. The molecule has 2 N–H and O–H groups in total. The minimum atomic E-state index is -2.47. The number of alkyl halides is 2. The van der Waals surface area contributed by atoms with Crippen LogP contribution in [0.1, 0.15) is 5.82 Å². The zero-order valence-corrected chi connectivity index (χ0v) is 9.92. The summed E-state index contributed by atoms with van der Waals surface area (Å²) >= 11 is 0. The fourth-order valence-corrected chi connectivity index (χ4v) is 1.37. The third-order valence-electron chi connectivity index (χ3n) is 2.17. The van der Waals surface area contributed by atoms with Gasteiger partial charge >= 0.3 is 0 Å². The van der Waals surface area contributed by atoms with E-state index >= 15 is 0 Å². The summed E-state index contributed by atoms with van der Waals surface area (Å²) in [5.41, 5.74) is 6.00.